The molecule has 1 aliphatic heterocycles. The van der Waals surface area contributed by atoms with Crippen molar-refractivity contribution in [2.24, 2.45) is 0 Å². The Morgan fingerprint density at radius 1 is 0.917 bits per heavy atom. The molecule has 2 aromatic rings. The lowest BCUT2D eigenvalue weighted by molar-refractivity contribution is 0.0357. The van der Waals surface area contributed by atoms with Gasteiger partial charge in [0, 0.05) is 62.9 Å². The zero-order chi connectivity index (χ0) is 25.3. The van der Waals surface area contributed by atoms with E-state index in [9.17, 15) is 4.79 Å². The number of anilines is 1. The Bertz CT molecular complexity index is 878. The first-order valence-electron chi connectivity index (χ1n) is 13.3. The third-order valence-electron chi connectivity index (χ3n) is 6.39. The number of nitrogens with one attached hydrogen (secondary N) is 2. The van der Waals surface area contributed by atoms with Gasteiger partial charge in [-0.25, -0.2) is 0 Å². The lowest BCUT2D eigenvalue weighted by Crippen LogP contribution is -2.39. The van der Waals surface area contributed by atoms with E-state index in [0.29, 0.717) is 5.11 Å². The highest BCUT2D eigenvalue weighted by Gasteiger charge is 2.16. The minimum Gasteiger partial charge on any atom is -0.379 e. The molecule has 2 N–H and O–H groups in total. The van der Waals surface area contributed by atoms with E-state index in [-0.39, 0.29) is 5.91 Å². The molecule has 1 aromatic carbocycles. The summed E-state index contributed by atoms with van der Waals surface area (Å²) in [6.07, 6.45) is 11.4. The van der Waals surface area contributed by atoms with Crippen LogP contribution in [0.1, 0.15) is 55.3 Å². The molecule has 36 heavy (non-hydrogen) atoms. The van der Waals surface area contributed by atoms with Crippen molar-refractivity contribution in [2.45, 2.75) is 44.9 Å². The molecule has 0 radical (unpaired) electrons. The standard InChI is InChI=1S/C28H41N5O2S/c34-27(25-11-6-5-7-12-25)33(20-10-18-32-21-23-35-24-22-32)19-9-4-2-1-3-8-15-30-28(36)31-26-13-16-29-17-14-26/h5-7,11-14,16-17H,1-4,8-10,15,18-24H2,(H2,29,30,31,36). The van der Waals surface area contributed by atoms with Gasteiger partial charge in [0.05, 0.1) is 13.2 Å². The number of carbonyl (C=O) groups excluding carboxylic acids is 1. The highest BCUT2D eigenvalue weighted by molar-refractivity contribution is 7.80. The zero-order valence-electron chi connectivity index (χ0n) is 21.4. The monoisotopic (exact) mass is 511 g/mol. The van der Waals surface area contributed by atoms with Gasteiger partial charge in [-0.05, 0) is 55.7 Å². The number of pyridine rings is 1. The van der Waals surface area contributed by atoms with Crippen LogP contribution in [0.4, 0.5) is 5.69 Å². The van der Waals surface area contributed by atoms with E-state index < -0.39 is 0 Å². The van der Waals surface area contributed by atoms with Gasteiger partial charge in [-0.1, -0.05) is 43.9 Å². The van der Waals surface area contributed by atoms with Crippen LogP contribution in [-0.4, -0.2) is 78.3 Å². The molecule has 3 rings (SSSR count). The van der Waals surface area contributed by atoms with E-state index in [0.717, 1.165) is 89.4 Å². The third-order valence-corrected chi connectivity index (χ3v) is 6.64. The van der Waals surface area contributed by atoms with E-state index in [1.807, 2.05) is 42.5 Å². The topological polar surface area (TPSA) is 69.7 Å². The van der Waals surface area contributed by atoms with Crippen LogP contribution < -0.4 is 10.6 Å². The smallest absolute Gasteiger partial charge is 0.253 e. The van der Waals surface area contributed by atoms with E-state index in [4.69, 9.17) is 17.0 Å². The molecule has 0 unspecified atom stereocenters. The fourth-order valence-corrected chi connectivity index (χ4v) is 4.56. The number of thiocarbonyl (C=S) groups is 1. The summed E-state index contributed by atoms with van der Waals surface area (Å²) in [5.41, 5.74) is 1.73. The summed E-state index contributed by atoms with van der Waals surface area (Å²) in [5, 5.41) is 7.08. The van der Waals surface area contributed by atoms with Crippen molar-refractivity contribution < 1.29 is 9.53 Å². The largest absolute Gasteiger partial charge is 0.379 e. The Morgan fingerprint density at radius 2 is 1.58 bits per heavy atom. The van der Waals surface area contributed by atoms with Crippen LogP contribution in [-0.2, 0) is 4.74 Å². The molecule has 0 atom stereocenters. The summed E-state index contributed by atoms with van der Waals surface area (Å²) in [5.74, 6) is 0.153. The second-order valence-electron chi connectivity index (χ2n) is 9.20. The average molecular weight is 512 g/mol. The Labute approximate surface area is 221 Å². The first-order valence-corrected chi connectivity index (χ1v) is 13.7. The lowest BCUT2D eigenvalue weighted by Gasteiger charge is -2.28. The van der Waals surface area contributed by atoms with Crippen LogP contribution in [0, 0.1) is 0 Å². The Hall–Kier alpha value is -2.55. The van der Waals surface area contributed by atoms with Gasteiger partial charge in [0.1, 0.15) is 0 Å². The number of ether oxygens (including phenoxy) is 1. The second-order valence-corrected chi connectivity index (χ2v) is 9.61. The van der Waals surface area contributed by atoms with E-state index in [1.165, 1.54) is 19.3 Å². The summed E-state index contributed by atoms with van der Waals surface area (Å²) in [6.45, 7) is 7.16. The quantitative estimate of drug-likeness (QED) is 0.268. The maximum Gasteiger partial charge on any atom is 0.253 e. The van der Waals surface area contributed by atoms with Gasteiger partial charge in [0.15, 0.2) is 5.11 Å². The van der Waals surface area contributed by atoms with Gasteiger partial charge in [-0.15, -0.1) is 0 Å². The van der Waals surface area contributed by atoms with Gasteiger partial charge in [0.25, 0.3) is 5.91 Å². The maximum atomic E-state index is 13.1. The minimum atomic E-state index is 0.153. The van der Waals surface area contributed by atoms with Crippen LogP contribution in [0.3, 0.4) is 0 Å². The van der Waals surface area contributed by atoms with Crippen LogP contribution in [0.25, 0.3) is 0 Å². The summed E-state index contributed by atoms with van der Waals surface area (Å²) in [6, 6.07) is 13.5. The van der Waals surface area contributed by atoms with Crippen LogP contribution in [0.5, 0.6) is 0 Å². The lowest BCUT2D eigenvalue weighted by atomic mass is 10.1. The molecule has 0 saturated carbocycles. The Balaban J connectivity index is 1.27. The zero-order valence-corrected chi connectivity index (χ0v) is 22.2. The van der Waals surface area contributed by atoms with E-state index in [1.54, 1.807) is 12.4 Å². The number of carbonyl (C=O) groups is 1. The maximum absolute atomic E-state index is 13.1. The predicted molar refractivity (Wildman–Crippen MR) is 150 cm³/mol. The van der Waals surface area contributed by atoms with Crippen LogP contribution >= 0.6 is 12.2 Å². The van der Waals surface area contributed by atoms with Gasteiger partial charge < -0.3 is 20.3 Å². The van der Waals surface area contributed by atoms with Crippen molar-refractivity contribution in [1.29, 1.82) is 0 Å². The van der Waals surface area contributed by atoms with Crippen molar-refractivity contribution in [3.63, 3.8) is 0 Å². The number of hydrogen-bond acceptors (Lipinski definition) is 5. The number of aromatic nitrogens is 1. The normalized spacial score (nSPS) is 13.8. The summed E-state index contributed by atoms with van der Waals surface area (Å²) < 4.78 is 5.44. The van der Waals surface area contributed by atoms with Gasteiger partial charge in [-0.2, -0.15) is 0 Å². The third kappa shape index (κ3) is 11.0. The van der Waals surface area contributed by atoms with Gasteiger partial charge >= 0.3 is 0 Å². The summed E-state index contributed by atoms with van der Waals surface area (Å²) in [4.78, 5) is 21.6. The number of benzene rings is 1. The molecule has 1 aromatic heterocycles. The first-order chi connectivity index (χ1) is 17.7. The highest BCUT2D eigenvalue weighted by atomic mass is 32.1. The molecular formula is C28H41N5O2S. The molecule has 0 aliphatic carbocycles. The van der Waals surface area contributed by atoms with Crippen molar-refractivity contribution in [1.82, 2.24) is 20.1 Å². The predicted octanol–water partition coefficient (Wildman–Crippen LogP) is 4.57. The molecule has 196 valence electrons. The number of amides is 1. The van der Waals surface area contributed by atoms with Crippen LogP contribution in [0.15, 0.2) is 54.9 Å². The minimum absolute atomic E-state index is 0.153. The number of hydrogen-bond donors (Lipinski definition) is 2. The fraction of sp³-hybridized carbons (Fsp3) is 0.536. The first kappa shape index (κ1) is 28.0. The number of morpholine rings is 1. The van der Waals surface area contributed by atoms with Crippen molar-refractivity contribution in [3.05, 3.63) is 60.4 Å². The summed E-state index contributed by atoms with van der Waals surface area (Å²) in [7, 11) is 0. The molecule has 1 fully saturated rings. The van der Waals surface area contributed by atoms with Crippen molar-refractivity contribution in [3.8, 4) is 0 Å². The molecular weight excluding hydrogens is 470 g/mol. The SMILES string of the molecule is O=C(c1ccccc1)N(CCCCCCCCNC(=S)Nc1ccncc1)CCCN1CCOCC1. The molecule has 2 heterocycles. The summed E-state index contributed by atoms with van der Waals surface area (Å²) >= 11 is 5.34. The van der Waals surface area contributed by atoms with Crippen LogP contribution in [0.2, 0.25) is 0 Å². The van der Waals surface area contributed by atoms with E-state index in [2.05, 4.69) is 25.4 Å². The van der Waals surface area contributed by atoms with Crippen molar-refractivity contribution >= 4 is 28.9 Å². The number of unbranched alkanes of at least 4 members (excludes halogenated alkanes) is 5. The highest BCUT2D eigenvalue weighted by Crippen LogP contribution is 2.11. The van der Waals surface area contributed by atoms with Gasteiger partial charge in [0.2, 0.25) is 0 Å². The average Bonchev–Trinajstić information content (AvgIpc) is 2.92. The number of rotatable bonds is 15. The second kappa shape index (κ2) is 17.0. The molecule has 7 nitrogen and oxygen atoms in total. The molecule has 1 amide bonds. The van der Waals surface area contributed by atoms with Gasteiger partial charge in [-0.3, -0.25) is 14.7 Å². The molecule has 8 heteroatoms. The molecule has 1 saturated heterocycles. The Kier molecular flexibility index (Phi) is 13.2. The van der Waals surface area contributed by atoms with E-state index >= 15 is 0 Å². The van der Waals surface area contributed by atoms with Crippen molar-refractivity contribution in [2.75, 3.05) is 57.8 Å². The Morgan fingerprint density at radius 3 is 2.33 bits per heavy atom. The molecule has 1 aliphatic rings. The molecule has 0 spiro atoms. The number of nitrogens with zero attached hydrogens (tertiary/aromatic N) is 3. The molecule has 0 bridgehead atoms. The fourth-order valence-electron chi connectivity index (χ4n) is 4.34.